The molecule has 140 valence electrons. The first-order valence-corrected chi connectivity index (χ1v) is 10.4. The van der Waals surface area contributed by atoms with Gasteiger partial charge < -0.3 is 9.64 Å². The highest BCUT2D eigenvalue weighted by atomic mass is 32.2. The quantitative estimate of drug-likeness (QED) is 0.817. The van der Waals surface area contributed by atoms with Crippen LogP contribution in [-0.2, 0) is 10.2 Å². The maximum Gasteiger partial charge on any atom is 0.282 e. The van der Waals surface area contributed by atoms with Crippen molar-refractivity contribution < 1.29 is 13.2 Å². The zero-order chi connectivity index (χ0) is 18.0. The number of hydrogen-bond donors (Lipinski definition) is 0. The summed E-state index contributed by atoms with van der Waals surface area (Å²) in [6, 6.07) is 7.93. The molecule has 2 heterocycles. The molecule has 3 rings (SSSR count). The Morgan fingerprint density at radius 1 is 1.00 bits per heavy atom. The van der Waals surface area contributed by atoms with Gasteiger partial charge in [0.15, 0.2) is 0 Å². The summed E-state index contributed by atoms with van der Waals surface area (Å²) < 4.78 is 34.6. The summed E-state index contributed by atoms with van der Waals surface area (Å²) in [6.07, 6.45) is 1.11. The van der Waals surface area contributed by atoms with Crippen LogP contribution in [0.5, 0.6) is 5.75 Å². The van der Waals surface area contributed by atoms with E-state index < -0.39 is 10.2 Å². The Hall–Kier alpha value is -1.31. The van der Waals surface area contributed by atoms with Gasteiger partial charge in [-0.05, 0) is 30.4 Å². The zero-order valence-corrected chi connectivity index (χ0v) is 16.2. The summed E-state index contributed by atoms with van der Waals surface area (Å²) >= 11 is 0. The van der Waals surface area contributed by atoms with Crippen molar-refractivity contribution in [2.75, 3.05) is 51.3 Å². The minimum Gasteiger partial charge on any atom is -0.497 e. The topological polar surface area (TPSA) is 53.1 Å². The summed E-state index contributed by atoms with van der Waals surface area (Å²) in [5.74, 6) is 1.68. The van der Waals surface area contributed by atoms with Crippen molar-refractivity contribution in [1.29, 1.82) is 0 Å². The number of methoxy groups -OCH3 is 1. The van der Waals surface area contributed by atoms with Crippen LogP contribution in [0, 0.1) is 11.8 Å². The van der Waals surface area contributed by atoms with E-state index in [1.807, 2.05) is 24.3 Å². The molecular weight excluding hydrogens is 338 g/mol. The maximum absolute atomic E-state index is 13.0. The van der Waals surface area contributed by atoms with E-state index in [2.05, 4.69) is 18.7 Å². The van der Waals surface area contributed by atoms with E-state index in [-0.39, 0.29) is 0 Å². The van der Waals surface area contributed by atoms with E-state index in [0.717, 1.165) is 17.9 Å². The molecule has 2 aliphatic heterocycles. The van der Waals surface area contributed by atoms with Gasteiger partial charge >= 0.3 is 0 Å². The number of piperazine rings is 1. The third-order valence-electron chi connectivity index (χ3n) is 5.15. The molecule has 0 bridgehead atoms. The molecule has 2 fully saturated rings. The van der Waals surface area contributed by atoms with Crippen LogP contribution in [0.3, 0.4) is 0 Å². The first kappa shape index (κ1) is 18.5. The third-order valence-corrected chi connectivity index (χ3v) is 7.11. The van der Waals surface area contributed by atoms with E-state index in [4.69, 9.17) is 4.74 Å². The average Bonchev–Trinajstić information content (AvgIpc) is 2.61. The lowest BCUT2D eigenvalue weighted by Crippen LogP contribution is -2.55. The van der Waals surface area contributed by atoms with E-state index in [1.54, 1.807) is 15.7 Å². The van der Waals surface area contributed by atoms with Crippen LogP contribution in [0.1, 0.15) is 20.3 Å². The van der Waals surface area contributed by atoms with Crippen molar-refractivity contribution in [1.82, 2.24) is 8.61 Å². The molecule has 0 N–H and O–H groups in total. The van der Waals surface area contributed by atoms with Gasteiger partial charge in [-0.25, -0.2) is 0 Å². The van der Waals surface area contributed by atoms with Gasteiger partial charge in [0.2, 0.25) is 0 Å². The maximum atomic E-state index is 13.0. The molecule has 2 saturated heterocycles. The van der Waals surface area contributed by atoms with Crippen LogP contribution in [0.4, 0.5) is 5.69 Å². The van der Waals surface area contributed by atoms with Crippen molar-refractivity contribution in [3.05, 3.63) is 24.3 Å². The minimum absolute atomic E-state index is 0.427. The molecule has 0 spiro atoms. The molecule has 6 nitrogen and oxygen atoms in total. The average molecular weight is 368 g/mol. The molecule has 7 heteroatoms. The summed E-state index contributed by atoms with van der Waals surface area (Å²) in [5, 5.41) is 0. The summed E-state index contributed by atoms with van der Waals surface area (Å²) in [6.45, 7) is 8.01. The van der Waals surface area contributed by atoms with Crippen LogP contribution in [0.15, 0.2) is 24.3 Å². The number of anilines is 1. The lowest BCUT2D eigenvalue weighted by Gasteiger charge is -2.40. The number of hydrogen-bond acceptors (Lipinski definition) is 4. The molecule has 0 aromatic heterocycles. The fourth-order valence-electron chi connectivity index (χ4n) is 3.94. The monoisotopic (exact) mass is 367 g/mol. The second kappa shape index (κ2) is 7.51. The van der Waals surface area contributed by atoms with Gasteiger partial charge in [-0.2, -0.15) is 17.0 Å². The Labute approximate surface area is 151 Å². The van der Waals surface area contributed by atoms with Crippen molar-refractivity contribution >= 4 is 15.9 Å². The van der Waals surface area contributed by atoms with Crippen LogP contribution in [-0.4, -0.2) is 63.4 Å². The summed E-state index contributed by atoms with van der Waals surface area (Å²) in [7, 11) is -1.70. The molecule has 1 aromatic carbocycles. The molecule has 0 saturated carbocycles. The number of rotatable bonds is 4. The van der Waals surface area contributed by atoms with E-state index in [1.165, 1.54) is 0 Å². The number of piperidine rings is 1. The van der Waals surface area contributed by atoms with Crippen molar-refractivity contribution in [3.63, 3.8) is 0 Å². The fourth-order valence-corrected chi connectivity index (χ4v) is 5.78. The lowest BCUT2D eigenvalue weighted by atomic mass is 9.94. The Balaban J connectivity index is 1.65. The van der Waals surface area contributed by atoms with Crippen LogP contribution < -0.4 is 9.64 Å². The number of nitrogens with zero attached hydrogens (tertiary/aromatic N) is 3. The molecule has 0 aliphatic carbocycles. The third kappa shape index (κ3) is 4.10. The predicted octanol–water partition coefficient (Wildman–Crippen LogP) is 2.04. The van der Waals surface area contributed by atoms with Crippen molar-refractivity contribution in [2.45, 2.75) is 20.3 Å². The lowest BCUT2D eigenvalue weighted by molar-refractivity contribution is 0.207. The SMILES string of the molecule is COc1cccc(N2CCN(S(=O)(=O)N3CC(C)CC(C)C3)CC2)c1. The smallest absolute Gasteiger partial charge is 0.282 e. The highest BCUT2D eigenvalue weighted by molar-refractivity contribution is 7.86. The number of ether oxygens (including phenoxy) is 1. The molecule has 0 radical (unpaired) electrons. The van der Waals surface area contributed by atoms with Crippen molar-refractivity contribution in [2.24, 2.45) is 11.8 Å². The fraction of sp³-hybridized carbons (Fsp3) is 0.667. The van der Waals surface area contributed by atoms with Gasteiger partial charge in [0.1, 0.15) is 5.75 Å². The second-order valence-corrected chi connectivity index (χ2v) is 9.29. The minimum atomic E-state index is -3.35. The molecule has 25 heavy (non-hydrogen) atoms. The van der Waals surface area contributed by atoms with Gasteiger partial charge in [0, 0.05) is 51.0 Å². The summed E-state index contributed by atoms with van der Waals surface area (Å²) in [4.78, 5) is 2.22. The molecule has 2 atom stereocenters. The van der Waals surface area contributed by atoms with E-state index in [9.17, 15) is 8.42 Å². The van der Waals surface area contributed by atoms with Gasteiger partial charge in [0.25, 0.3) is 10.2 Å². The highest BCUT2D eigenvalue weighted by Gasteiger charge is 2.36. The van der Waals surface area contributed by atoms with Gasteiger partial charge in [0.05, 0.1) is 7.11 Å². The largest absolute Gasteiger partial charge is 0.497 e. The zero-order valence-electron chi connectivity index (χ0n) is 15.4. The van der Waals surface area contributed by atoms with E-state index >= 15 is 0 Å². The summed E-state index contributed by atoms with van der Waals surface area (Å²) in [5.41, 5.74) is 1.08. The molecular formula is C18H29N3O3S. The Bertz CT molecular complexity index is 677. The number of benzene rings is 1. The Morgan fingerprint density at radius 2 is 1.64 bits per heavy atom. The molecule has 0 amide bonds. The standard InChI is InChI=1S/C18H29N3O3S/c1-15-11-16(2)14-21(13-15)25(22,23)20-9-7-19(8-10-20)17-5-4-6-18(12-17)24-3/h4-6,12,15-16H,7-11,13-14H2,1-3H3. The molecule has 1 aromatic rings. The normalized spacial score (nSPS) is 26.6. The Morgan fingerprint density at radius 3 is 2.24 bits per heavy atom. The van der Waals surface area contributed by atoms with Crippen LogP contribution in [0.25, 0.3) is 0 Å². The van der Waals surface area contributed by atoms with Gasteiger partial charge in [-0.1, -0.05) is 19.9 Å². The van der Waals surface area contributed by atoms with Crippen LogP contribution in [0.2, 0.25) is 0 Å². The van der Waals surface area contributed by atoms with Crippen molar-refractivity contribution in [3.8, 4) is 5.75 Å². The Kier molecular flexibility index (Phi) is 5.55. The molecule has 2 aliphatic rings. The van der Waals surface area contributed by atoms with Gasteiger partial charge in [-0.3, -0.25) is 0 Å². The predicted molar refractivity (Wildman–Crippen MR) is 100 cm³/mol. The van der Waals surface area contributed by atoms with E-state index in [0.29, 0.717) is 51.1 Å². The van der Waals surface area contributed by atoms with Gasteiger partial charge in [-0.15, -0.1) is 0 Å². The van der Waals surface area contributed by atoms with Crippen LogP contribution >= 0.6 is 0 Å². The second-order valence-electron chi connectivity index (χ2n) is 7.36. The molecule has 2 unspecified atom stereocenters. The first-order valence-electron chi connectivity index (χ1n) is 9.04. The first-order chi connectivity index (χ1) is 11.9. The highest BCUT2D eigenvalue weighted by Crippen LogP contribution is 2.27.